The van der Waals surface area contributed by atoms with E-state index in [2.05, 4.69) is 10.1 Å². The van der Waals surface area contributed by atoms with E-state index in [4.69, 9.17) is 21.5 Å². The number of ether oxygens (including phenoxy) is 2. The fourth-order valence-corrected chi connectivity index (χ4v) is 3.89. The van der Waals surface area contributed by atoms with Crippen LogP contribution in [0, 0.1) is 0 Å². The normalized spacial score (nSPS) is 12.2. The van der Waals surface area contributed by atoms with Gasteiger partial charge in [0, 0.05) is 22.7 Å². The number of methoxy groups -OCH3 is 1. The molecule has 1 unspecified atom stereocenters. The number of halogens is 4. The minimum atomic E-state index is -4.85. The van der Waals surface area contributed by atoms with Crippen LogP contribution in [0.3, 0.4) is 0 Å². The van der Waals surface area contributed by atoms with Crippen molar-refractivity contribution < 1.29 is 31.6 Å². The molecule has 0 heterocycles. The first-order chi connectivity index (χ1) is 15.6. The highest BCUT2D eigenvalue weighted by molar-refractivity contribution is 7.82. The smallest absolute Gasteiger partial charge is 0.495 e. The summed E-state index contributed by atoms with van der Waals surface area (Å²) in [6, 6.07) is 14.6. The van der Waals surface area contributed by atoms with Gasteiger partial charge < -0.3 is 14.8 Å². The molecule has 0 saturated heterocycles. The molecule has 3 N–H and O–H groups in total. The van der Waals surface area contributed by atoms with Crippen LogP contribution >= 0.6 is 11.6 Å². The fourth-order valence-electron chi connectivity index (χ4n) is 3.13. The summed E-state index contributed by atoms with van der Waals surface area (Å²) in [4.78, 5) is 12.9. The molecule has 0 fully saturated rings. The van der Waals surface area contributed by atoms with Crippen LogP contribution in [0.15, 0.2) is 65.6 Å². The lowest BCUT2D eigenvalue weighted by Gasteiger charge is -2.16. The Bertz CT molecular complexity index is 1200. The first kappa shape index (κ1) is 24.6. The van der Waals surface area contributed by atoms with Gasteiger partial charge in [-0.1, -0.05) is 24.3 Å². The van der Waals surface area contributed by atoms with Crippen molar-refractivity contribution in [3.63, 3.8) is 0 Å². The van der Waals surface area contributed by atoms with Crippen LogP contribution in [0.2, 0.25) is 0 Å². The topological polar surface area (TPSA) is 90.7 Å². The molecule has 0 aromatic heterocycles. The van der Waals surface area contributed by atoms with Crippen LogP contribution in [0.25, 0.3) is 11.1 Å². The molecule has 0 aliphatic heterocycles. The van der Waals surface area contributed by atoms with Crippen molar-refractivity contribution >= 4 is 34.2 Å². The van der Waals surface area contributed by atoms with Gasteiger partial charge in [-0.05, 0) is 47.5 Å². The van der Waals surface area contributed by atoms with Gasteiger partial charge in [-0.25, -0.2) is 9.35 Å². The Morgan fingerprint density at radius 1 is 1.06 bits per heavy atom. The Balaban J connectivity index is 1.90. The number of carbonyl (C=O) groups is 1. The van der Waals surface area contributed by atoms with Gasteiger partial charge in [0.1, 0.15) is 22.5 Å². The number of carbonyl (C=O) groups excluding carboxylic acids is 1. The summed E-state index contributed by atoms with van der Waals surface area (Å²) >= 11 is 6.05. The zero-order valence-corrected chi connectivity index (χ0v) is 18.7. The summed E-state index contributed by atoms with van der Waals surface area (Å²) in [5, 5.41) is 8.08. The Morgan fingerprint density at radius 3 is 2.42 bits per heavy atom. The number of amides is 1. The second kappa shape index (κ2) is 10.2. The third-order valence-electron chi connectivity index (χ3n) is 4.55. The number of hydrogen-bond donors (Lipinski definition) is 2. The lowest BCUT2D eigenvalue weighted by molar-refractivity contribution is -0.274. The van der Waals surface area contributed by atoms with E-state index in [1.807, 2.05) is 0 Å². The maximum absolute atomic E-state index is 12.8. The van der Waals surface area contributed by atoms with E-state index >= 15 is 0 Å². The van der Waals surface area contributed by atoms with E-state index in [0.29, 0.717) is 16.8 Å². The van der Waals surface area contributed by atoms with Crippen molar-refractivity contribution in [3.8, 4) is 22.6 Å². The maximum Gasteiger partial charge on any atom is 0.573 e. The van der Waals surface area contributed by atoms with Gasteiger partial charge in [0.05, 0.1) is 12.0 Å². The number of alkyl halides is 4. The standard InChI is InChI=1S/C22H18ClF3N2O4S/c1-31-19-11-13(6-9-20(19)33(27)30)21(29)28-15-7-8-16(14(10-15)12-23)17-4-2-3-5-18(17)32-22(24,25)26/h2-11H,12,27H2,1H3,(H,28,29). The second-order valence-corrected chi connectivity index (χ2v) is 7.97. The quantitative estimate of drug-likeness (QED) is 0.436. The molecular weight excluding hydrogens is 481 g/mol. The average Bonchev–Trinajstić information content (AvgIpc) is 2.77. The van der Waals surface area contributed by atoms with E-state index < -0.39 is 23.3 Å². The third-order valence-corrected chi connectivity index (χ3v) is 5.61. The summed E-state index contributed by atoms with van der Waals surface area (Å²) in [5.74, 6) is -0.680. The van der Waals surface area contributed by atoms with Crippen LogP contribution in [0.5, 0.6) is 11.5 Å². The first-order valence-electron chi connectivity index (χ1n) is 9.32. The summed E-state index contributed by atoms with van der Waals surface area (Å²) < 4.78 is 59.2. The van der Waals surface area contributed by atoms with Gasteiger partial charge in [0.25, 0.3) is 5.91 Å². The van der Waals surface area contributed by atoms with Crippen LogP contribution in [-0.2, 0) is 16.9 Å². The first-order valence-corrected chi connectivity index (χ1v) is 11.1. The zero-order valence-electron chi connectivity index (χ0n) is 17.1. The number of benzene rings is 3. The van der Waals surface area contributed by atoms with Gasteiger partial charge in [-0.2, -0.15) is 0 Å². The number of rotatable bonds is 7. The highest BCUT2D eigenvalue weighted by atomic mass is 35.5. The molecule has 33 heavy (non-hydrogen) atoms. The minimum absolute atomic E-state index is 0.0236. The SMILES string of the molecule is COc1cc(C(=O)Nc2ccc(-c3ccccc3OC(F)(F)F)c(CCl)c2)ccc1S(N)=O. The molecule has 0 radical (unpaired) electrons. The Morgan fingerprint density at radius 2 is 1.79 bits per heavy atom. The summed E-state index contributed by atoms with van der Waals surface area (Å²) in [7, 11) is -0.425. The molecule has 11 heteroatoms. The van der Waals surface area contributed by atoms with Gasteiger partial charge >= 0.3 is 6.36 Å². The average molecular weight is 499 g/mol. The lowest BCUT2D eigenvalue weighted by atomic mass is 9.99. The summed E-state index contributed by atoms with van der Waals surface area (Å²) in [6.45, 7) is 0. The monoisotopic (exact) mass is 498 g/mol. The number of nitrogens with two attached hydrogens (primary N) is 1. The van der Waals surface area contributed by atoms with Crippen molar-refractivity contribution in [2.24, 2.45) is 5.14 Å². The third kappa shape index (κ3) is 6.04. The molecule has 0 aliphatic rings. The van der Waals surface area contributed by atoms with Crippen molar-refractivity contribution in [3.05, 3.63) is 71.8 Å². The minimum Gasteiger partial charge on any atom is -0.495 e. The number of nitrogens with one attached hydrogen (secondary N) is 1. The molecule has 3 rings (SSSR count). The number of hydrogen-bond acceptors (Lipinski definition) is 4. The number of para-hydroxylation sites is 1. The molecule has 0 spiro atoms. The van der Waals surface area contributed by atoms with Crippen LogP contribution in [0.4, 0.5) is 18.9 Å². The summed E-state index contributed by atoms with van der Waals surface area (Å²) in [6.07, 6.45) is -4.85. The molecule has 174 valence electrons. The largest absolute Gasteiger partial charge is 0.573 e. The molecule has 0 bridgehead atoms. The van der Waals surface area contributed by atoms with Crippen molar-refractivity contribution in [1.82, 2.24) is 0 Å². The Kier molecular flexibility index (Phi) is 7.62. The Labute approximate surface area is 195 Å². The molecule has 0 saturated carbocycles. The van der Waals surface area contributed by atoms with Gasteiger partial charge in [0.2, 0.25) is 0 Å². The predicted octanol–water partition coefficient (Wildman–Crippen LogP) is 5.23. The van der Waals surface area contributed by atoms with E-state index in [-0.39, 0.29) is 33.4 Å². The molecule has 0 aliphatic carbocycles. The highest BCUT2D eigenvalue weighted by Gasteiger charge is 2.32. The van der Waals surface area contributed by atoms with E-state index in [1.165, 1.54) is 49.6 Å². The van der Waals surface area contributed by atoms with Crippen molar-refractivity contribution in [2.45, 2.75) is 17.1 Å². The fraction of sp³-hybridized carbons (Fsp3) is 0.136. The number of anilines is 1. The summed E-state index contributed by atoms with van der Waals surface area (Å²) in [5.41, 5.74) is 1.72. The van der Waals surface area contributed by atoms with Gasteiger partial charge in [0.15, 0.2) is 0 Å². The lowest BCUT2D eigenvalue weighted by Crippen LogP contribution is -2.17. The second-order valence-electron chi connectivity index (χ2n) is 6.67. The molecular formula is C22H18ClF3N2O4S. The van der Waals surface area contributed by atoms with Gasteiger partial charge in [-0.15, -0.1) is 24.8 Å². The van der Waals surface area contributed by atoms with Crippen LogP contribution in [-0.4, -0.2) is 23.6 Å². The molecule has 3 aromatic carbocycles. The van der Waals surface area contributed by atoms with E-state index in [1.54, 1.807) is 18.2 Å². The van der Waals surface area contributed by atoms with Crippen molar-refractivity contribution in [2.75, 3.05) is 12.4 Å². The highest BCUT2D eigenvalue weighted by Crippen LogP contribution is 2.37. The van der Waals surface area contributed by atoms with E-state index in [0.717, 1.165) is 0 Å². The predicted molar refractivity (Wildman–Crippen MR) is 120 cm³/mol. The molecule has 6 nitrogen and oxygen atoms in total. The zero-order chi connectivity index (χ0) is 24.2. The van der Waals surface area contributed by atoms with Crippen LogP contribution < -0.4 is 19.9 Å². The van der Waals surface area contributed by atoms with Crippen molar-refractivity contribution in [1.29, 1.82) is 0 Å². The van der Waals surface area contributed by atoms with Crippen LogP contribution in [0.1, 0.15) is 15.9 Å². The molecule has 1 atom stereocenters. The van der Waals surface area contributed by atoms with Gasteiger partial charge in [-0.3, -0.25) is 4.79 Å². The molecule has 1 amide bonds. The van der Waals surface area contributed by atoms with E-state index in [9.17, 15) is 22.2 Å². The molecule has 3 aromatic rings. The maximum atomic E-state index is 12.8. The Hall–Kier alpha value is -3.08.